The Labute approximate surface area is 214 Å². The molecule has 178 valence electrons. The lowest BCUT2D eigenvalue weighted by atomic mass is 10.2. The molecule has 0 aliphatic heterocycles. The minimum atomic E-state index is -0.187. The van der Waals surface area contributed by atoms with Gasteiger partial charge in [-0.3, -0.25) is 9.48 Å². The Hall–Kier alpha value is -4.21. The van der Waals surface area contributed by atoms with E-state index in [1.54, 1.807) is 26.9 Å². The van der Waals surface area contributed by atoms with Crippen LogP contribution in [-0.4, -0.2) is 20.3 Å². The van der Waals surface area contributed by atoms with Crippen LogP contribution in [0.4, 0.5) is 5.69 Å². The number of thiophene rings is 1. The molecule has 0 aliphatic carbocycles. The van der Waals surface area contributed by atoms with E-state index in [0.717, 1.165) is 33.6 Å². The largest absolute Gasteiger partial charge is 0.454 e. The number of para-hydroxylation sites is 2. The molecular formula is C27H21N5O2S2. The zero-order chi connectivity index (χ0) is 24.6. The minimum Gasteiger partial charge on any atom is -0.454 e. The molecule has 4 aromatic heterocycles. The van der Waals surface area contributed by atoms with Gasteiger partial charge < -0.3 is 4.42 Å². The molecular weight excluding hydrogens is 490 g/mol. The summed E-state index contributed by atoms with van der Waals surface area (Å²) in [6.07, 6.45) is 1.79. The maximum absolute atomic E-state index is 13.5. The van der Waals surface area contributed by atoms with Gasteiger partial charge in [-0.15, -0.1) is 11.3 Å². The number of nitrogens with zero attached hydrogens (tertiary/aromatic N) is 5. The Morgan fingerprint density at radius 2 is 1.81 bits per heavy atom. The smallest absolute Gasteiger partial charge is 0.297 e. The molecule has 0 unspecified atom stereocenters. The van der Waals surface area contributed by atoms with Crippen LogP contribution < -0.4 is 10.4 Å². The summed E-state index contributed by atoms with van der Waals surface area (Å²) in [7, 11) is 1.86. The normalized spacial score (nSPS) is 12.3. The number of benzene rings is 2. The maximum atomic E-state index is 13.5. The molecule has 0 radical (unpaired) electrons. The molecule has 6 aromatic rings. The third-order valence-electron chi connectivity index (χ3n) is 5.96. The third-order valence-corrected chi connectivity index (χ3v) is 7.48. The van der Waals surface area contributed by atoms with Crippen molar-refractivity contribution in [1.29, 1.82) is 0 Å². The van der Waals surface area contributed by atoms with Crippen molar-refractivity contribution >= 4 is 45.5 Å². The van der Waals surface area contributed by atoms with Crippen LogP contribution in [0.5, 0.6) is 0 Å². The van der Waals surface area contributed by atoms with Crippen molar-refractivity contribution in [2.75, 3.05) is 0 Å². The van der Waals surface area contributed by atoms with Crippen molar-refractivity contribution in [3.05, 3.63) is 109 Å². The molecule has 9 heteroatoms. The van der Waals surface area contributed by atoms with Gasteiger partial charge in [0.05, 0.1) is 17.6 Å². The van der Waals surface area contributed by atoms with Crippen molar-refractivity contribution < 1.29 is 4.42 Å². The third kappa shape index (κ3) is 3.88. The van der Waals surface area contributed by atoms with Crippen molar-refractivity contribution in [2.24, 2.45) is 17.1 Å². The van der Waals surface area contributed by atoms with Gasteiger partial charge in [0.1, 0.15) is 11.3 Å². The first-order chi connectivity index (χ1) is 17.6. The van der Waals surface area contributed by atoms with Crippen LogP contribution in [0.15, 0.2) is 102 Å². The Kier molecular flexibility index (Phi) is 5.63. The summed E-state index contributed by atoms with van der Waals surface area (Å²) in [6.45, 7) is 1.90. The summed E-state index contributed by atoms with van der Waals surface area (Å²) >= 11 is 3.02. The van der Waals surface area contributed by atoms with Gasteiger partial charge >= 0.3 is 0 Å². The molecule has 0 amide bonds. The lowest BCUT2D eigenvalue weighted by Gasteiger charge is -2.07. The second-order valence-corrected chi connectivity index (χ2v) is 9.80. The van der Waals surface area contributed by atoms with Crippen molar-refractivity contribution in [2.45, 2.75) is 6.92 Å². The van der Waals surface area contributed by atoms with Crippen LogP contribution in [0, 0.1) is 6.92 Å². The van der Waals surface area contributed by atoms with Gasteiger partial charge in [-0.2, -0.15) is 16.4 Å². The predicted octanol–water partition coefficient (Wildman–Crippen LogP) is 5.94. The van der Waals surface area contributed by atoms with Gasteiger partial charge in [-0.25, -0.2) is 14.4 Å². The molecule has 0 atom stereocenters. The quantitative estimate of drug-likeness (QED) is 0.269. The standard InChI is InChI=1S/C27H21N5O2S2/c1-18-25(26(33)32(30(18)2)21-9-4-3-5-10-21)29-27-31(28-15-19-12-13-35-16-19)22(17-36-27)24-14-20-8-6-7-11-23(20)34-24/h3-17H,1-2H3/b28-15+,29-27?. The lowest BCUT2D eigenvalue weighted by Crippen LogP contribution is -2.19. The van der Waals surface area contributed by atoms with Crippen LogP contribution in [-0.2, 0) is 7.05 Å². The van der Waals surface area contributed by atoms with E-state index in [0.29, 0.717) is 16.2 Å². The molecule has 0 saturated carbocycles. The van der Waals surface area contributed by atoms with Crippen LogP contribution in [0.1, 0.15) is 11.3 Å². The predicted molar refractivity (Wildman–Crippen MR) is 146 cm³/mol. The monoisotopic (exact) mass is 511 g/mol. The van der Waals surface area contributed by atoms with Crippen molar-refractivity contribution in [3.8, 4) is 17.1 Å². The summed E-state index contributed by atoms with van der Waals surface area (Å²) in [5.74, 6) is 0.683. The van der Waals surface area contributed by atoms with Crippen molar-refractivity contribution in [1.82, 2.24) is 14.0 Å². The van der Waals surface area contributed by atoms with E-state index < -0.39 is 0 Å². The molecule has 7 nitrogen and oxygen atoms in total. The number of furan rings is 1. The molecule has 2 aromatic carbocycles. The molecule has 4 heterocycles. The maximum Gasteiger partial charge on any atom is 0.297 e. The number of rotatable bonds is 5. The van der Waals surface area contributed by atoms with Gasteiger partial charge in [-0.1, -0.05) is 36.4 Å². The van der Waals surface area contributed by atoms with Crippen LogP contribution in [0.3, 0.4) is 0 Å². The summed E-state index contributed by atoms with van der Waals surface area (Å²) in [5, 5.41) is 11.7. The Balaban J connectivity index is 1.55. The molecule has 0 N–H and O–H groups in total. The summed E-state index contributed by atoms with van der Waals surface area (Å²) in [5.41, 5.74) is 4.28. The molecule has 0 saturated heterocycles. The van der Waals surface area contributed by atoms with Gasteiger partial charge in [0, 0.05) is 23.4 Å². The highest BCUT2D eigenvalue weighted by Crippen LogP contribution is 2.28. The Morgan fingerprint density at radius 3 is 2.58 bits per heavy atom. The number of hydrogen-bond donors (Lipinski definition) is 0. The molecule has 6 rings (SSSR count). The fourth-order valence-corrected chi connectivity index (χ4v) is 5.45. The van der Waals surface area contributed by atoms with E-state index in [-0.39, 0.29) is 5.56 Å². The highest BCUT2D eigenvalue weighted by Gasteiger charge is 2.18. The topological polar surface area (TPSA) is 69.7 Å². The van der Waals surface area contributed by atoms with E-state index in [1.807, 2.05) is 102 Å². The second kappa shape index (κ2) is 9.10. The van der Waals surface area contributed by atoms with E-state index in [4.69, 9.17) is 14.5 Å². The zero-order valence-corrected chi connectivity index (χ0v) is 21.2. The Bertz CT molecular complexity index is 1800. The van der Waals surface area contributed by atoms with Gasteiger partial charge in [0.15, 0.2) is 11.4 Å². The molecule has 0 spiro atoms. The molecule has 0 aliphatic rings. The van der Waals surface area contributed by atoms with E-state index >= 15 is 0 Å². The molecule has 0 fully saturated rings. The average molecular weight is 512 g/mol. The van der Waals surface area contributed by atoms with Gasteiger partial charge in [0.2, 0.25) is 4.80 Å². The minimum absolute atomic E-state index is 0.187. The second-order valence-electron chi connectivity index (χ2n) is 8.19. The zero-order valence-electron chi connectivity index (χ0n) is 19.5. The molecule has 0 bridgehead atoms. The van der Waals surface area contributed by atoms with Crippen LogP contribution >= 0.6 is 22.7 Å². The van der Waals surface area contributed by atoms with Crippen molar-refractivity contribution in [3.63, 3.8) is 0 Å². The lowest BCUT2D eigenvalue weighted by molar-refractivity contribution is 0.622. The van der Waals surface area contributed by atoms with Crippen LogP contribution in [0.2, 0.25) is 0 Å². The average Bonchev–Trinajstić information content (AvgIpc) is 3.68. The van der Waals surface area contributed by atoms with E-state index in [1.165, 1.54) is 11.3 Å². The first-order valence-electron chi connectivity index (χ1n) is 11.2. The van der Waals surface area contributed by atoms with E-state index in [9.17, 15) is 4.79 Å². The first-order valence-corrected chi connectivity index (χ1v) is 13.1. The number of fused-ring (bicyclic) bond motifs is 1. The highest BCUT2D eigenvalue weighted by molar-refractivity contribution is 7.08. The SMILES string of the molecule is Cc1c(N=c2scc(-c3cc4ccccc4o3)n2/N=C/c2ccsc2)c(=O)n(-c2ccccc2)n1C. The fraction of sp³-hybridized carbons (Fsp3) is 0.0741. The molecule has 36 heavy (non-hydrogen) atoms. The van der Waals surface area contributed by atoms with Gasteiger partial charge in [-0.05, 0) is 48.0 Å². The van der Waals surface area contributed by atoms with E-state index in [2.05, 4.69) is 0 Å². The van der Waals surface area contributed by atoms with Gasteiger partial charge in [0.25, 0.3) is 5.56 Å². The number of hydrogen-bond acceptors (Lipinski definition) is 6. The number of thiazole rings is 1. The summed E-state index contributed by atoms with van der Waals surface area (Å²) < 4.78 is 11.3. The summed E-state index contributed by atoms with van der Waals surface area (Å²) in [6, 6.07) is 21.4. The first kappa shape index (κ1) is 22.3. The van der Waals surface area contributed by atoms with Crippen LogP contribution in [0.25, 0.3) is 28.1 Å². The summed E-state index contributed by atoms with van der Waals surface area (Å²) in [4.78, 5) is 18.8. The number of aromatic nitrogens is 3. The fourth-order valence-electron chi connectivity index (χ4n) is 4.02. The highest BCUT2D eigenvalue weighted by atomic mass is 32.1. The Morgan fingerprint density at radius 1 is 1.00 bits per heavy atom.